The number of aliphatic imine (C=N–C) groups is 1. The summed E-state index contributed by atoms with van der Waals surface area (Å²) in [5, 5.41) is 0. The molecule has 0 N–H and O–H groups in total. The first-order chi connectivity index (χ1) is 6.20. The maximum atomic E-state index is 10.9. The first-order valence-corrected chi connectivity index (χ1v) is 4.68. The Bertz CT molecular complexity index is 307. The van der Waals surface area contributed by atoms with E-state index in [2.05, 4.69) is 11.9 Å². The maximum absolute atomic E-state index is 10.9. The Kier molecular flexibility index (Phi) is 1.91. The van der Waals surface area contributed by atoms with Gasteiger partial charge < -0.3 is 0 Å². The molecule has 2 rings (SSSR count). The summed E-state index contributed by atoms with van der Waals surface area (Å²) in [7, 11) is 0. The number of carbonyl (C=O) groups excluding carboxylic acids is 1. The number of nitrogens with zero attached hydrogens (tertiary/aromatic N) is 1. The van der Waals surface area contributed by atoms with Gasteiger partial charge in [0.2, 0.25) is 0 Å². The van der Waals surface area contributed by atoms with Gasteiger partial charge in [0.25, 0.3) is 0 Å². The molecule has 0 fully saturated rings. The van der Waals surface area contributed by atoms with Gasteiger partial charge in [-0.25, -0.2) is 0 Å². The van der Waals surface area contributed by atoms with Crippen molar-refractivity contribution in [2.24, 2.45) is 4.99 Å². The SMILES string of the molecule is CC1=NC2(C=CC(=O)C=C2)CCC1. The predicted molar refractivity (Wildman–Crippen MR) is 53.0 cm³/mol. The Morgan fingerprint density at radius 2 is 2.08 bits per heavy atom. The number of carbonyl (C=O) groups is 1. The zero-order chi connectivity index (χ0) is 9.31. The fraction of sp³-hybridized carbons (Fsp3) is 0.455. The molecule has 1 aliphatic heterocycles. The van der Waals surface area contributed by atoms with E-state index in [1.165, 1.54) is 5.71 Å². The number of ketones is 1. The van der Waals surface area contributed by atoms with Crippen molar-refractivity contribution >= 4 is 11.5 Å². The van der Waals surface area contributed by atoms with Crippen molar-refractivity contribution in [2.75, 3.05) is 0 Å². The molecule has 13 heavy (non-hydrogen) atoms. The zero-order valence-corrected chi connectivity index (χ0v) is 7.79. The van der Waals surface area contributed by atoms with Gasteiger partial charge in [-0.2, -0.15) is 0 Å². The second kappa shape index (κ2) is 2.95. The van der Waals surface area contributed by atoms with Crippen molar-refractivity contribution in [2.45, 2.75) is 31.7 Å². The molecule has 1 aliphatic carbocycles. The monoisotopic (exact) mass is 175 g/mol. The van der Waals surface area contributed by atoms with Crippen LogP contribution in [0.5, 0.6) is 0 Å². The van der Waals surface area contributed by atoms with Crippen LogP contribution in [0.2, 0.25) is 0 Å². The Morgan fingerprint density at radius 3 is 2.69 bits per heavy atom. The summed E-state index contributed by atoms with van der Waals surface area (Å²) in [5.41, 5.74) is 1.01. The fourth-order valence-electron chi connectivity index (χ4n) is 1.90. The highest BCUT2D eigenvalue weighted by atomic mass is 16.1. The largest absolute Gasteiger partial charge is 0.290 e. The molecule has 0 atom stereocenters. The van der Waals surface area contributed by atoms with E-state index in [-0.39, 0.29) is 11.3 Å². The number of hydrogen-bond acceptors (Lipinski definition) is 2. The molecule has 2 heteroatoms. The summed E-state index contributed by atoms with van der Waals surface area (Å²) < 4.78 is 0. The van der Waals surface area contributed by atoms with Crippen LogP contribution in [0.25, 0.3) is 0 Å². The number of rotatable bonds is 0. The molecule has 0 aromatic rings. The van der Waals surface area contributed by atoms with E-state index >= 15 is 0 Å². The van der Waals surface area contributed by atoms with Gasteiger partial charge in [-0.1, -0.05) is 0 Å². The lowest BCUT2D eigenvalue weighted by Gasteiger charge is -2.29. The topological polar surface area (TPSA) is 29.4 Å². The van der Waals surface area contributed by atoms with Gasteiger partial charge in [0.15, 0.2) is 5.78 Å². The van der Waals surface area contributed by atoms with Crippen molar-refractivity contribution < 1.29 is 4.79 Å². The summed E-state index contributed by atoms with van der Waals surface area (Å²) in [6.07, 6.45) is 10.4. The lowest BCUT2D eigenvalue weighted by Crippen LogP contribution is -2.28. The Labute approximate surface area is 78.1 Å². The van der Waals surface area contributed by atoms with Crippen molar-refractivity contribution in [3.8, 4) is 0 Å². The first-order valence-electron chi connectivity index (χ1n) is 4.68. The van der Waals surface area contributed by atoms with E-state index in [1.54, 1.807) is 12.2 Å². The second-order valence-corrected chi connectivity index (χ2v) is 3.76. The lowest BCUT2D eigenvalue weighted by atomic mass is 9.86. The summed E-state index contributed by atoms with van der Waals surface area (Å²) in [6.45, 7) is 2.05. The second-order valence-electron chi connectivity index (χ2n) is 3.76. The third-order valence-electron chi connectivity index (χ3n) is 2.59. The van der Waals surface area contributed by atoms with E-state index in [0.717, 1.165) is 19.3 Å². The van der Waals surface area contributed by atoms with Gasteiger partial charge >= 0.3 is 0 Å². The summed E-state index contributed by atoms with van der Waals surface area (Å²) in [5.74, 6) is 0.0732. The number of allylic oxidation sites excluding steroid dienone is 2. The summed E-state index contributed by atoms with van der Waals surface area (Å²) in [4.78, 5) is 15.5. The minimum absolute atomic E-state index is 0.0732. The van der Waals surface area contributed by atoms with Gasteiger partial charge in [0, 0.05) is 5.71 Å². The molecule has 0 aromatic carbocycles. The van der Waals surface area contributed by atoms with Gasteiger partial charge in [0.05, 0.1) is 5.54 Å². The molecule has 2 nitrogen and oxygen atoms in total. The molecule has 0 saturated carbocycles. The molecular weight excluding hydrogens is 162 g/mol. The maximum Gasteiger partial charge on any atom is 0.178 e. The van der Waals surface area contributed by atoms with Crippen molar-refractivity contribution in [1.29, 1.82) is 0 Å². The molecule has 0 amide bonds. The quantitative estimate of drug-likeness (QED) is 0.554. The molecule has 1 heterocycles. The van der Waals surface area contributed by atoms with Crippen LogP contribution in [-0.4, -0.2) is 17.0 Å². The third kappa shape index (κ3) is 1.62. The number of hydrogen-bond donors (Lipinski definition) is 0. The molecule has 0 radical (unpaired) electrons. The summed E-state index contributed by atoms with van der Waals surface area (Å²) >= 11 is 0. The zero-order valence-electron chi connectivity index (χ0n) is 7.79. The van der Waals surface area contributed by atoms with Crippen LogP contribution in [0.1, 0.15) is 26.2 Å². The van der Waals surface area contributed by atoms with Gasteiger partial charge in [-0.3, -0.25) is 9.79 Å². The standard InChI is InChI=1S/C11H13NO/c1-9-3-2-6-11(12-9)7-4-10(13)5-8-11/h4-5,7-8H,2-3,6H2,1H3. The Hall–Kier alpha value is -1.18. The Balaban J connectivity index is 2.31. The first kappa shape index (κ1) is 8.42. The van der Waals surface area contributed by atoms with Crippen molar-refractivity contribution in [3.05, 3.63) is 24.3 Å². The van der Waals surface area contributed by atoms with Gasteiger partial charge in [0.1, 0.15) is 0 Å². The highest BCUT2D eigenvalue weighted by Crippen LogP contribution is 2.29. The van der Waals surface area contributed by atoms with Crippen molar-refractivity contribution in [1.82, 2.24) is 0 Å². The molecule has 0 saturated heterocycles. The van der Waals surface area contributed by atoms with E-state index in [0.29, 0.717) is 0 Å². The van der Waals surface area contributed by atoms with Crippen molar-refractivity contribution in [3.63, 3.8) is 0 Å². The van der Waals surface area contributed by atoms with E-state index in [4.69, 9.17) is 0 Å². The van der Waals surface area contributed by atoms with Crippen LogP contribution in [0, 0.1) is 0 Å². The van der Waals surface area contributed by atoms with E-state index < -0.39 is 0 Å². The molecule has 2 aliphatic rings. The molecule has 0 bridgehead atoms. The highest BCUT2D eigenvalue weighted by molar-refractivity contribution is 6.01. The van der Waals surface area contributed by atoms with E-state index in [9.17, 15) is 4.79 Å². The molecule has 1 spiro atoms. The molecule has 68 valence electrons. The van der Waals surface area contributed by atoms with Crippen LogP contribution >= 0.6 is 0 Å². The van der Waals surface area contributed by atoms with Crippen LogP contribution in [0.4, 0.5) is 0 Å². The van der Waals surface area contributed by atoms with Crippen LogP contribution in [0.15, 0.2) is 29.3 Å². The summed E-state index contributed by atoms with van der Waals surface area (Å²) in [6, 6.07) is 0. The average Bonchev–Trinajstić information content (AvgIpc) is 2.11. The minimum atomic E-state index is -0.184. The molecule has 0 unspecified atom stereocenters. The van der Waals surface area contributed by atoms with E-state index in [1.807, 2.05) is 12.2 Å². The normalized spacial score (nSPS) is 25.0. The average molecular weight is 175 g/mol. The van der Waals surface area contributed by atoms with Gasteiger partial charge in [-0.05, 0) is 50.5 Å². The molecular formula is C11H13NO. The third-order valence-corrected chi connectivity index (χ3v) is 2.59. The molecule has 0 aromatic heterocycles. The van der Waals surface area contributed by atoms with Crippen LogP contribution in [0.3, 0.4) is 0 Å². The van der Waals surface area contributed by atoms with Gasteiger partial charge in [-0.15, -0.1) is 0 Å². The Morgan fingerprint density at radius 1 is 1.38 bits per heavy atom. The minimum Gasteiger partial charge on any atom is -0.290 e. The fourth-order valence-corrected chi connectivity index (χ4v) is 1.90. The van der Waals surface area contributed by atoms with Crippen LogP contribution < -0.4 is 0 Å². The highest BCUT2D eigenvalue weighted by Gasteiger charge is 2.27. The predicted octanol–water partition coefficient (Wildman–Crippen LogP) is 2.07. The lowest BCUT2D eigenvalue weighted by molar-refractivity contribution is -0.110. The van der Waals surface area contributed by atoms with Crippen LogP contribution in [-0.2, 0) is 4.79 Å². The smallest absolute Gasteiger partial charge is 0.178 e.